The van der Waals surface area contributed by atoms with Gasteiger partial charge >= 0.3 is 11.9 Å². The Morgan fingerprint density at radius 1 is 1.38 bits per heavy atom. The standard InChI is InChI=1S/C11H20N2O3/c1-3-16-11(15)10(14)12-9(2)8-13-6-4-5-7-13/h9H,3-8H2,1-2H3,(H,12,14). The van der Waals surface area contributed by atoms with Crippen LogP contribution in [0.25, 0.3) is 0 Å². The molecule has 1 heterocycles. The number of hydrogen-bond acceptors (Lipinski definition) is 4. The van der Waals surface area contributed by atoms with Crippen LogP contribution in [0, 0.1) is 0 Å². The highest BCUT2D eigenvalue weighted by molar-refractivity contribution is 6.32. The largest absolute Gasteiger partial charge is 0.459 e. The summed E-state index contributed by atoms with van der Waals surface area (Å²) in [6.07, 6.45) is 2.44. The predicted octanol–water partition coefficient (Wildman–Crippen LogP) is 0.150. The minimum absolute atomic E-state index is 0.0185. The molecule has 1 N–H and O–H groups in total. The van der Waals surface area contributed by atoms with E-state index >= 15 is 0 Å². The van der Waals surface area contributed by atoms with Gasteiger partial charge in [-0.05, 0) is 39.8 Å². The molecular formula is C11H20N2O3. The second kappa shape index (κ2) is 6.48. The second-order valence-electron chi connectivity index (χ2n) is 4.10. The number of esters is 1. The zero-order valence-corrected chi connectivity index (χ0v) is 9.99. The molecule has 0 saturated carbocycles. The van der Waals surface area contributed by atoms with Crippen molar-refractivity contribution in [1.82, 2.24) is 10.2 Å². The number of carbonyl (C=O) groups excluding carboxylic acids is 2. The Kier molecular flexibility index (Phi) is 5.25. The molecule has 1 fully saturated rings. The van der Waals surface area contributed by atoms with E-state index in [4.69, 9.17) is 0 Å². The first-order valence-corrected chi connectivity index (χ1v) is 5.83. The van der Waals surface area contributed by atoms with E-state index in [1.807, 2.05) is 6.92 Å². The fourth-order valence-corrected chi connectivity index (χ4v) is 1.88. The monoisotopic (exact) mass is 228 g/mol. The normalized spacial score (nSPS) is 18.1. The number of amides is 1. The maximum absolute atomic E-state index is 11.3. The van der Waals surface area contributed by atoms with Gasteiger partial charge in [-0.15, -0.1) is 0 Å². The van der Waals surface area contributed by atoms with Crippen molar-refractivity contribution in [2.24, 2.45) is 0 Å². The quantitative estimate of drug-likeness (QED) is 0.549. The Hall–Kier alpha value is -1.10. The topological polar surface area (TPSA) is 58.6 Å². The third-order valence-corrected chi connectivity index (χ3v) is 2.57. The molecule has 0 bridgehead atoms. The first-order valence-electron chi connectivity index (χ1n) is 5.83. The lowest BCUT2D eigenvalue weighted by Crippen LogP contribution is -2.44. The van der Waals surface area contributed by atoms with E-state index in [2.05, 4.69) is 15.0 Å². The first-order chi connectivity index (χ1) is 7.63. The lowest BCUT2D eigenvalue weighted by atomic mass is 10.3. The fraction of sp³-hybridized carbons (Fsp3) is 0.818. The molecule has 1 rings (SSSR count). The minimum Gasteiger partial charge on any atom is -0.459 e. The van der Waals surface area contributed by atoms with Crippen LogP contribution in [0.3, 0.4) is 0 Å². The zero-order valence-electron chi connectivity index (χ0n) is 9.99. The van der Waals surface area contributed by atoms with Gasteiger partial charge in [-0.3, -0.25) is 4.79 Å². The third-order valence-electron chi connectivity index (χ3n) is 2.57. The number of hydrogen-bond donors (Lipinski definition) is 1. The molecule has 0 aromatic heterocycles. The van der Waals surface area contributed by atoms with Gasteiger partial charge < -0.3 is 15.0 Å². The second-order valence-corrected chi connectivity index (χ2v) is 4.10. The van der Waals surface area contributed by atoms with Crippen LogP contribution in [0.15, 0.2) is 0 Å². The number of nitrogens with one attached hydrogen (secondary N) is 1. The van der Waals surface area contributed by atoms with Crippen molar-refractivity contribution in [2.75, 3.05) is 26.2 Å². The molecule has 0 aliphatic carbocycles. The molecule has 0 spiro atoms. The number of rotatable bonds is 4. The van der Waals surface area contributed by atoms with Gasteiger partial charge in [-0.1, -0.05) is 0 Å². The van der Waals surface area contributed by atoms with Crippen LogP contribution in [0.1, 0.15) is 26.7 Å². The molecule has 0 aromatic rings. The van der Waals surface area contributed by atoms with E-state index in [0.29, 0.717) is 0 Å². The maximum Gasteiger partial charge on any atom is 0.396 e. The lowest BCUT2D eigenvalue weighted by Gasteiger charge is -2.20. The smallest absolute Gasteiger partial charge is 0.396 e. The molecule has 0 radical (unpaired) electrons. The highest BCUT2D eigenvalue weighted by Crippen LogP contribution is 2.07. The van der Waals surface area contributed by atoms with Gasteiger partial charge in [0.25, 0.3) is 0 Å². The summed E-state index contributed by atoms with van der Waals surface area (Å²) in [5, 5.41) is 2.64. The first kappa shape index (κ1) is 13.0. The molecule has 0 aromatic carbocycles. The van der Waals surface area contributed by atoms with E-state index in [1.54, 1.807) is 6.92 Å². The van der Waals surface area contributed by atoms with Crippen LogP contribution < -0.4 is 5.32 Å². The number of ether oxygens (including phenoxy) is 1. The van der Waals surface area contributed by atoms with Crippen LogP contribution in [0.2, 0.25) is 0 Å². The van der Waals surface area contributed by atoms with Crippen molar-refractivity contribution in [1.29, 1.82) is 0 Å². The molecule has 16 heavy (non-hydrogen) atoms. The number of likely N-dealkylation sites (tertiary alicyclic amines) is 1. The Morgan fingerprint density at radius 2 is 2.00 bits per heavy atom. The van der Waals surface area contributed by atoms with E-state index in [0.717, 1.165) is 19.6 Å². The van der Waals surface area contributed by atoms with Gasteiger partial charge in [0.05, 0.1) is 6.61 Å². The average molecular weight is 228 g/mol. The maximum atomic E-state index is 11.3. The summed E-state index contributed by atoms with van der Waals surface area (Å²) < 4.78 is 4.61. The molecule has 1 saturated heterocycles. The van der Waals surface area contributed by atoms with Gasteiger partial charge in [0.1, 0.15) is 0 Å². The summed E-state index contributed by atoms with van der Waals surface area (Å²) >= 11 is 0. The summed E-state index contributed by atoms with van der Waals surface area (Å²) in [5.41, 5.74) is 0. The molecule has 1 aliphatic heterocycles. The van der Waals surface area contributed by atoms with Gasteiger partial charge in [0, 0.05) is 12.6 Å². The van der Waals surface area contributed by atoms with Crippen LogP contribution in [-0.2, 0) is 14.3 Å². The van der Waals surface area contributed by atoms with Crippen molar-refractivity contribution in [2.45, 2.75) is 32.7 Å². The highest BCUT2D eigenvalue weighted by atomic mass is 16.5. The molecule has 1 unspecified atom stereocenters. The van der Waals surface area contributed by atoms with Crippen LogP contribution in [0.4, 0.5) is 0 Å². The molecule has 5 heteroatoms. The SMILES string of the molecule is CCOC(=O)C(=O)NC(C)CN1CCCC1. The lowest BCUT2D eigenvalue weighted by molar-refractivity contribution is -0.154. The Bertz CT molecular complexity index is 250. The third kappa shape index (κ3) is 4.18. The fourth-order valence-electron chi connectivity index (χ4n) is 1.88. The molecule has 1 aliphatic rings. The molecule has 1 amide bonds. The Morgan fingerprint density at radius 3 is 2.56 bits per heavy atom. The van der Waals surface area contributed by atoms with Crippen LogP contribution in [0.5, 0.6) is 0 Å². The van der Waals surface area contributed by atoms with Crippen LogP contribution >= 0.6 is 0 Å². The Balaban J connectivity index is 2.24. The van der Waals surface area contributed by atoms with E-state index in [9.17, 15) is 9.59 Å². The van der Waals surface area contributed by atoms with E-state index < -0.39 is 11.9 Å². The molecule has 1 atom stereocenters. The van der Waals surface area contributed by atoms with Crippen molar-refractivity contribution >= 4 is 11.9 Å². The molecule has 92 valence electrons. The summed E-state index contributed by atoms with van der Waals surface area (Å²) in [7, 11) is 0. The van der Waals surface area contributed by atoms with Crippen molar-refractivity contribution in [3.63, 3.8) is 0 Å². The average Bonchev–Trinajstić information content (AvgIpc) is 2.70. The molecule has 5 nitrogen and oxygen atoms in total. The number of carbonyl (C=O) groups is 2. The summed E-state index contributed by atoms with van der Waals surface area (Å²) in [6.45, 7) is 6.77. The van der Waals surface area contributed by atoms with Crippen molar-refractivity contribution in [3.8, 4) is 0 Å². The van der Waals surface area contributed by atoms with Crippen LogP contribution in [-0.4, -0.2) is 49.1 Å². The number of nitrogens with zero attached hydrogens (tertiary/aromatic N) is 1. The minimum atomic E-state index is -0.796. The summed E-state index contributed by atoms with van der Waals surface area (Å²) in [6, 6.07) is -0.0185. The highest BCUT2D eigenvalue weighted by Gasteiger charge is 2.19. The van der Waals surface area contributed by atoms with Gasteiger partial charge in [-0.25, -0.2) is 4.79 Å². The van der Waals surface area contributed by atoms with E-state index in [1.165, 1.54) is 12.8 Å². The van der Waals surface area contributed by atoms with Gasteiger partial charge in [0.15, 0.2) is 0 Å². The zero-order chi connectivity index (χ0) is 12.0. The Labute approximate surface area is 96.1 Å². The van der Waals surface area contributed by atoms with Gasteiger partial charge in [-0.2, -0.15) is 0 Å². The van der Waals surface area contributed by atoms with Gasteiger partial charge in [0.2, 0.25) is 0 Å². The molecular weight excluding hydrogens is 208 g/mol. The summed E-state index contributed by atoms with van der Waals surface area (Å²) in [4.78, 5) is 24.7. The summed E-state index contributed by atoms with van der Waals surface area (Å²) in [5.74, 6) is -1.44. The van der Waals surface area contributed by atoms with Crippen molar-refractivity contribution in [3.05, 3.63) is 0 Å². The predicted molar refractivity (Wildman–Crippen MR) is 59.9 cm³/mol. The van der Waals surface area contributed by atoms with Crippen molar-refractivity contribution < 1.29 is 14.3 Å². The van der Waals surface area contributed by atoms with E-state index in [-0.39, 0.29) is 12.6 Å².